The fourth-order valence-corrected chi connectivity index (χ4v) is 3.21. The van der Waals surface area contributed by atoms with E-state index < -0.39 is 0 Å². The summed E-state index contributed by atoms with van der Waals surface area (Å²) in [5.41, 5.74) is 5.77. The summed E-state index contributed by atoms with van der Waals surface area (Å²) >= 11 is 1.63. The molecule has 0 amide bonds. The SMILES string of the molecule is CC(C)c1ccc(-c2csc(Nc3ccc(N(C)C)cc3)n2)cc1. The summed E-state index contributed by atoms with van der Waals surface area (Å²) in [5.74, 6) is 0.553. The minimum Gasteiger partial charge on any atom is -0.378 e. The van der Waals surface area contributed by atoms with Crippen molar-refractivity contribution in [1.82, 2.24) is 4.98 Å². The highest BCUT2D eigenvalue weighted by Gasteiger charge is 2.06. The maximum atomic E-state index is 4.70. The van der Waals surface area contributed by atoms with Crippen LogP contribution in [0.15, 0.2) is 53.9 Å². The summed E-state index contributed by atoms with van der Waals surface area (Å²) in [7, 11) is 4.08. The Kier molecular flexibility index (Phi) is 4.86. The van der Waals surface area contributed by atoms with Crippen molar-refractivity contribution >= 4 is 27.8 Å². The van der Waals surface area contributed by atoms with Crippen molar-refractivity contribution in [1.29, 1.82) is 0 Å². The molecule has 1 heterocycles. The van der Waals surface area contributed by atoms with Crippen LogP contribution in [0.4, 0.5) is 16.5 Å². The van der Waals surface area contributed by atoms with E-state index in [9.17, 15) is 0 Å². The highest BCUT2D eigenvalue weighted by Crippen LogP contribution is 2.28. The molecule has 4 heteroatoms. The van der Waals surface area contributed by atoms with Gasteiger partial charge in [0.25, 0.3) is 0 Å². The van der Waals surface area contributed by atoms with Crippen LogP contribution in [-0.4, -0.2) is 19.1 Å². The molecule has 0 aliphatic carbocycles. The zero-order chi connectivity index (χ0) is 17.1. The van der Waals surface area contributed by atoms with Gasteiger partial charge in [0, 0.05) is 36.4 Å². The second-order valence-electron chi connectivity index (χ2n) is 6.38. The Balaban J connectivity index is 1.73. The van der Waals surface area contributed by atoms with Crippen molar-refractivity contribution < 1.29 is 0 Å². The van der Waals surface area contributed by atoms with Crippen LogP contribution in [0.2, 0.25) is 0 Å². The van der Waals surface area contributed by atoms with Crippen LogP contribution in [0, 0.1) is 0 Å². The maximum Gasteiger partial charge on any atom is 0.187 e. The van der Waals surface area contributed by atoms with Gasteiger partial charge >= 0.3 is 0 Å². The molecule has 124 valence electrons. The van der Waals surface area contributed by atoms with Gasteiger partial charge in [0.05, 0.1) is 5.69 Å². The number of hydrogen-bond donors (Lipinski definition) is 1. The largest absolute Gasteiger partial charge is 0.378 e. The molecule has 1 aromatic heterocycles. The fourth-order valence-electron chi connectivity index (χ4n) is 2.47. The van der Waals surface area contributed by atoms with Crippen molar-refractivity contribution in [3.63, 3.8) is 0 Å². The maximum absolute atomic E-state index is 4.70. The van der Waals surface area contributed by atoms with E-state index in [0.717, 1.165) is 22.1 Å². The third-order valence-corrected chi connectivity index (χ3v) is 4.77. The van der Waals surface area contributed by atoms with Gasteiger partial charge in [-0.25, -0.2) is 4.98 Å². The lowest BCUT2D eigenvalue weighted by Gasteiger charge is -2.12. The monoisotopic (exact) mass is 337 g/mol. The lowest BCUT2D eigenvalue weighted by molar-refractivity contribution is 0.867. The number of thiazole rings is 1. The molecule has 2 aromatic carbocycles. The molecular formula is C20H23N3S. The van der Waals surface area contributed by atoms with Crippen LogP contribution in [0.3, 0.4) is 0 Å². The molecule has 3 aromatic rings. The van der Waals surface area contributed by atoms with E-state index in [-0.39, 0.29) is 0 Å². The predicted molar refractivity (Wildman–Crippen MR) is 106 cm³/mol. The third kappa shape index (κ3) is 3.77. The van der Waals surface area contributed by atoms with Crippen LogP contribution >= 0.6 is 11.3 Å². The molecule has 0 saturated heterocycles. The molecule has 0 unspecified atom stereocenters. The molecule has 3 nitrogen and oxygen atoms in total. The Morgan fingerprint density at radius 1 is 0.958 bits per heavy atom. The number of aromatic nitrogens is 1. The topological polar surface area (TPSA) is 28.2 Å². The Hall–Kier alpha value is -2.33. The van der Waals surface area contributed by atoms with Gasteiger partial charge in [0.15, 0.2) is 5.13 Å². The van der Waals surface area contributed by atoms with Crippen molar-refractivity contribution in [2.75, 3.05) is 24.3 Å². The van der Waals surface area contributed by atoms with Crippen molar-refractivity contribution in [3.05, 3.63) is 59.5 Å². The average molecular weight is 337 g/mol. The second-order valence-corrected chi connectivity index (χ2v) is 7.24. The highest BCUT2D eigenvalue weighted by atomic mass is 32.1. The molecule has 0 fully saturated rings. The summed E-state index contributed by atoms with van der Waals surface area (Å²) in [6.07, 6.45) is 0. The zero-order valence-electron chi connectivity index (χ0n) is 14.6. The molecule has 24 heavy (non-hydrogen) atoms. The van der Waals surface area contributed by atoms with E-state index in [4.69, 9.17) is 4.98 Å². The van der Waals surface area contributed by atoms with Crippen LogP contribution in [0.25, 0.3) is 11.3 Å². The number of nitrogens with zero attached hydrogens (tertiary/aromatic N) is 2. The number of hydrogen-bond acceptors (Lipinski definition) is 4. The molecule has 0 bridgehead atoms. The van der Waals surface area contributed by atoms with Gasteiger partial charge in [-0.2, -0.15) is 0 Å². The molecule has 1 N–H and O–H groups in total. The first-order valence-corrected chi connectivity index (χ1v) is 9.01. The van der Waals surface area contributed by atoms with E-state index in [1.54, 1.807) is 11.3 Å². The summed E-state index contributed by atoms with van der Waals surface area (Å²) in [6.45, 7) is 4.42. The average Bonchev–Trinajstić information content (AvgIpc) is 3.04. The van der Waals surface area contributed by atoms with Crippen LogP contribution in [-0.2, 0) is 0 Å². The van der Waals surface area contributed by atoms with Crippen LogP contribution < -0.4 is 10.2 Å². The Morgan fingerprint density at radius 2 is 1.62 bits per heavy atom. The Morgan fingerprint density at radius 3 is 2.21 bits per heavy atom. The van der Waals surface area contributed by atoms with Gasteiger partial charge in [-0.05, 0) is 35.7 Å². The van der Waals surface area contributed by atoms with E-state index in [1.807, 2.05) is 14.1 Å². The minimum absolute atomic E-state index is 0.553. The van der Waals surface area contributed by atoms with Crippen molar-refractivity contribution in [3.8, 4) is 11.3 Å². The summed E-state index contributed by atoms with van der Waals surface area (Å²) < 4.78 is 0. The quantitative estimate of drug-likeness (QED) is 0.643. The second kappa shape index (κ2) is 7.05. The predicted octanol–water partition coefficient (Wildman–Crippen LogP) is 5.74. The first-order chi connectivity index (χ1) is 11.5. The van der Waals surface area contributed by atoms with Crippen LogP contribution in [0.1, 0.15) is 25.3 Å². The fraction of sp³-hybridized carbons (Fsp3) is 0.250. The molecule has 0 saturated carbocycles. The minimum atomic E-state index is 0.553. The normalized spacial score (nSPS) is 10.9. The van der Waals surface area contributed by atoms with Crippen molar-refractivity contribution in [2.45, 2.75) is 19.8 Å². The Labute approximate surface area is 148 Å². The summed E-state index contributed by atoms with van der Waals surface area (Å²) in [4.78, 5) is 6.79. The molecule has 0 atom stereocenters. The molecule has 0 radical (unpaired) electrons. The smallest absolute Gasteiger partial charge is 0.187 e. The molecule has 0 spiro atoms. The first kappa shape index (κ1) is 16.5. The van der Waals surface area contributed by atoms with Gasteiger partial charge in [-0.3, -0.25) is 0 Å². The molecule has 0 aliphatic rings. The number of nitrogens with one attached hydrogen (secondary N) is 1. The highest BCUT2D eigenvalue weighted by molar-refractivity contribution is 7.14. The molecule has 3 rings (SSSR count). The Bertz CT molecular complexity index is 787. The third-order valence-electron chi connectivity index (χ3n) is 4.01. The molecular weight excluding hydrogens is 314 g/mol. The number of anilines is 3. The van der Waals surface area contributed by atoms with E-state index in [1.165, 1.54) is 11.3 Å². The van der Waals surface area contributed by atoms with Crippen LogP contribution in [0.5, 0.6) is 0 Å². The van der Waals surface area contributed by atoms with Gasteiger partial charge in [0.2, 0.25) is 0 Å². The van der Waals surface area contributed by atoms with Gasteiger partial charge in [0.1, 0.15) is 0 Å². The van der Waals surface area contributed by atoms with E-state index in [2.05, 4.69) is 78.0 Å². The first-order valence-electron chi connectivity index (χ1n) is 8.13. The zero-order valence-corrected chi connectivity index (χ0v) is 15.4. The summed E-state index contributed by atoms with van der Waals surface area (Å²) in [5, 5.41) is 6.39. The molecule has 0 aliphatic heterocycles. The number of benzene rings is 2. The van der Waals surface area contributed by atoms with Gasteiger partial charge in [-0.15, -0.1) is 11.3 Å². The lowest BCUT2D eigenvalue weighted by atomic mass is 10.0. The van der Waals surface area contributed by atoms with Crippen molar-refractivity contribution in [2.24, 2.45) is 0 Å². The van der Waals surface area contributed by atoms with E-state index >= 15 is 0 Å². The van der Waals surface area contributed by atoms with Gasteiger partial charge < -0.3 is 10.2 Å². The summed E-state index contributed by atoms with van der Waals surface area (Å²) in [6, 6.07) is 17.0. The lowest BCUT2D eigenvalue weighted by Crippen LogP contribution is -2.08. The van der Waals surface area contributed by atoms with Gasteiger partial charge in [-0.1, -0.05) is 38.1 Å². The number of rotatable bonds is 5. The standard InChI is InChI=1S/C20H23N3S/c1-14(2)15-5-7-16(8-6-15)19-13-24-20(22-19)21-17-9-11-18(12-10-17)23(3)4/h5-14H,1-4H3,(H,21,22). The van der Waals surface area contributed by atoms with E-state index in [0.29, 0.717) is 5.92 Å².